The van der Waals surface area contributed by atoms with Crippen LogP contribution in [0.3, 0.4) is 0 Å². The molecule has 4 nitrogen and oxygen atoms in total. The molecule has 128 valence electrons. The van der Waals surface area contributed by atoms with Gasteiger partial charge in [0.05, 0.1) is 6.04 Å². The summed E-state index contributed by atoms with van der Waals surface area (Å²) in [6.07, 6.45) is 1.04. The number of amides is 2. The van der Waals surface area contributed by atoms with Gasteiger partial charge in [-0.3, -0.25) is 0 Å². The van der Waals surface area contributed by atoms with Crippen LogP contribution in [0.4, 0.5) is 4.79 Å². The van der Waals surface area contributed by atoms with E-state index >= 15 is 0 Å². The van der Waals surface area contributed by atoms with Crippen molar-refractivity contribution in [3.63, 3.8) is 0 Å². The predicted molar refractivity (Wildman–Crippen MR) is 95.7 cm³/mol. The number of urea groups is 1. The SMILES string of the molecule is Cc1ccc(C)c([C@H](C)NC(=O)N(C)[C@@H]2CCN(C)C[C@H]2C)c1. The van der Waals surface area contributed by atoms with E-state index in [1.807, 2.05) is 11.9 Å². The van der Waals surface area contributed by atoms with Crippen molar-refractivity contribution in [2.24, 2.45) is 5.92 Å². The van der Waals surface area contributed by atoms with Crippen LogP contribution in [-0.2, 0) is 0 Å². The van der Waals surface area contributed by atoms with E-state index in [0.717, 1.165) is 19.5 Å². The molecule has 3 atom stereocenters. The number of carbonyl (C=O) groups is 1. The fraction of sp³-hybridized carbons (Fsp3) is 0.632. The Morgan fingerprint density at radius 2 is 2.09 bits per heavy atom. The van der Waals surface area contributed by atoms with Crippen LogP contribution in [0.5, 0.6) is 0 Å². The van der Waals surface area contributed by atoms with E-state index in [9.17, 15) is 4.79 Å². The Hall–Kier alpha value is -1.55. The second-order valence-electron chi connectivity index (χ2n) is 7.24. The maximum absolute atomic E-state index is 12.7. The van der Waals surface area contributed by atoms with Crippen LogP contribution in [0, 0.1) is 19.8 Å². The maximum Gasteiger partial charge on any atom is 0.317 e. The highest BCUT2D eigenvalue weighted by atomic mass is 16.2. The van der Waals surface area contributed by atoms with Gasteiger partial charge in [0.2, 0.25) is 0 Å². The zero-order chi connectivity index (χ0) is 17.1. The van der Waals surface area contributed by atoms with Gasteiger partial charge in [0.25, 0.3) is 0 Å². The number of carbonyl (C=O) groups excluding carboxylic acids is 1. The lowest BCUT2D eigenvalue weighted by molar-refractivity contribution is 0.106. The van der Waals surface area contributed by atoms with E-state index in [1.165, 1.54) is 16.7 Å². The van der Waals surface area contributed by atoms with Gasteiger partial charge in [0.15, 0.2) is 0 Å². The summed E-state index contributed by atoms with van der Waals surface area (Å²) in [7, 11) is 4.08. The van der Waals surface area contributed by atoms with E-state index < -0.39 is 0 Å². The first-order chi connectivity index (χ1) is 10.8. The minimum atomic E-state index is 0.0198. The standard InChI is InChI=1S/C19H31N3O/c1-13-7-8-14(2)17(11-13)16(4)20-19(23)22(6)18-9-10-21(5)12-15(18)3/h7-8,11,15-16,18H,9-10,12H2,1-6H3,(H,20,23)/t15-,16+,18-/m1/s1. The van der Waals surface area contributed by atoms with Crippen molar-refractivity contribution in [2.45, 2.75) is 46.2 Å². The Labute approximate surface area is 140 Å². The summed E-state index contributed by atoms with van der Waals surface area (Å²) in [5.41, 5.74) is 3.64. The number of nitrogens with zero attached hydrogens (tertiary/aromatic N) is 2. The number of hydrogen-bond acceptors (Lipinski definition) is 2. The van der Waals surface area contributed by atoms with E-state index in [0.29, 0.717) is 12.0 Å². The molecule has 1 fully saturated rings. The molecule has 2 amide bonds. The first kappa shape index (κ1) is 17.8. The molecule has 1 aliphatic rings. The Balaban J connectivity index is 2.01. The second-order valence-corrected chi connectivity index (χ2v) is 7.24. The Morgan fingerprint density at radius 1 is 1.39 bits per heavy atom. The third-order valence-electron chi connectivity index (χ3n) is 5.12. The second kappa shape index (κ2) is 7.35. The van der Waals surface area contributed by atoms with Crippen LogP contribution in [0.25, 0.3) is 0 Å². The molecule has 1 N–H and O–H groups in total. The minimum absolute atomic E-state index is 0.0198. The van der Waals surface area contributed by atoms with Gasteiger partial charge in [-0.05, 0) is 57.8 Å². The highest BCUT2D eigenvalue weighted by molar-refractivity contribution is 5.75. The first-order valence-electron chi connectivity index (χ1n) is 8.58. The molecule has 0 aromatic heterocycles. The molecule has 0 saturated carbocycles. The predicted octanol–water partition coefficient (Wildman–Crippen LogP) is 3.35. The van der Waals surface area contributed by atoms with Gasteiger partial charge in [0, 0.05) is 19.6 Å². The van der Waals surface area contributed by atoms with E-state index in [1.54, 1.807) is 0 Å². The number of nitrogens with one attached hydrogen (secondary N) is 1. The maximum atomic E-state index is 12.7. The summed E-state index contributed by atoms with van der Waals surface area (Å²) in [5.74, 6) is 0.500. The Kier molecular flexibility index (Phi) is 5.69. The monoisotopic (exact) mass is 317 g/mol. The highest BCUT2D eigenvalue weighted by Gasteiger charge is 2.30. The number of piperidine rings is 1. The van der Waals surface area contributed by atoms with E-state index in [2.05, 4.69) is 63.2 Å². The Bertz CT molecular complexity index is 558. The smallest absolute Gasteiger partial charge is 0.317 e. The van der Waals surface area contributed by atoms with Crippen LogP contribution in [0.1, 0.15) is 43.0 Å². The average Bonchev–Trinajstić information content (AvgIpc) is 2.49. The largest absolute Gasteiger partial charge is 0.331 e. The zero-order valence-electron chi connectivity index (χ0n) is 15.4. The molecule has 1 aromatic carbocycles. The van der Waals surface area contributed by atoms with Crippen molar-refractivity contribution in [2.75, 3.05) is 27.2 Å². The first-order valence-corrected chi connectivity index (χ1v) is 8.58. The van der Waals surface area contributed by atoms with Gasteiger partial charge < -0.3 is 15.1 Å². The topological polar surface area (TPSA) is 35.6 Å². The summed E-state index contributed by atoms with van der Waals surface area (Å²) in [6, 6.07) is 6.76. The summed E-state index contributed by atoms with van der Waals surface area (Å²) < 4.78 is 0. The number of hydrogen-bond donors (Lipinski definition) is 1. The molecular weight excluding hydrogens is 286 g/mol. The molecule has 1 heterocycles. The minimum Gasteiger partial charge on any atom is -0.331 e. The molecule has 0 aliphatic carbocycles. The van der Waals surface area contributed by atoms with Gasteiger partial charge in [-0.2, -0.15) is 0 Å². The van der Waals surface area contributed by atoms with Crippen molar-refractivity contribution >= 4 is 6.03 Å². The zero-order valence-corrected chi connectivity index (χ0v) is 15.4. The van der Waals surface area contributed by atoms with Crippen LogP contribution in [-0.4, -0.2) is 49.1 Å². The van der Waals surface area contributed by atoms with E-state index in [4.69, 9.17) is 0 Å². The van der Waals surface area contributed by atoms with Crippen molar-refractivity contribution < 1.29 is 4.79 Å². The number of aryl methyl sites for hydroxylation is 2. The van der Waals surface area contributed by atoms with Gasteiger partial charge in [-0.25, -0.2) is 4.79 Å². The fourth-order valence-corrected chi connectivity index (χ4v) is 3.66. The van der Waals surface area contributed by atoms with Gasteiger partial charge >= 0.3 is 6.03 Å². The van der Waals surface area contributed by atoms with Crippen molar-refractivity contribution in [1.29, 1.82) is 0 Å². The molecule has 2 rings (SSSR count). The van der Waals surface area contributed by atoms with Crippen molar-refractivity contribution in [3.8, 4) is 0 Å². The highest BCUT2D eigenvalue weighted by Crippen LogP contribution is 2.22. The molecule has 23 heavy (non-hydrogen) atoms. The molecule has 1 saturated heterocycles. The summed E-state index contributed by atoms with van der Waals surface area (Å²) in [6.45, 7) is 10.6. The van der Waals surface area contributed by atoms with Crippen LogP contribution in [0.2, 0.25) is 0 Å². The van der Waals surface area contributed by atoms with Crippen LogP contribution in [0.15, 0.2) is 18.2 Å². The summed E-state index contributed by atoms with van der Waals surface area (Å²) >= 11 is 0. The lowest BCUT2D eigenvalue weighted by atomic mass is 9.93. The fourth-order valence-electron chi connectivity index (χ4n) is 3.66. The number of benzene rings is 1. The number of rotatable bonds is 3. The number of likely N-dealkylation sites (tertiary alicyclic amines) is 1. The molecular formula is C19H31N3O. The summed E-state index contributed by atoms with van der Waals surface area (Å²) in [5, 5.41) is 3.17. The molecule has 4 heteroatoms. The summed E-state index contributed by atoms with van der Waals surface area (Å²) in [4.78, 5) is 16.9. The van der Waals surface area contributed by atoms with Crippen LogP contribution < -0.4 is 5.32 Å². The van der Waals surface area contributed by atoms with Gasteiger partial charge in [-0.1, -0.05) is 30.7 Å². The molecule has 0 bridgehead atoms. The Morgan fingerprint density at radius 3 is 2.74 bits per heavy atom. The molecule has 1 aliphatic heterocycles. The molecule has 0 radical (unpaired) electrons. The lowest BCUT2D eigenvalue weighted by Crippen LogP contribution is -2.52. The third kappa shape index (κ3) is 4.25. The normalized spacial score (nSPS) is 23.4. The quantitative estimate of drug-likeness (QED) is 0.928. The lowest BCUT2D eigenvalue weighted by Gasteiger charge is -2.40. The van der Waals surface area contributed by atoms with Crippen molar-refractivity contribution in [3.05, 3.63) is 34.9 Å². The van der Waals surface area contributed by atoms with Gasteiger partial charge in [-0.15, -0.1) is 0 Å². The molecule has 1 aromatic rings. The van der Waals surface area contributed by atoms with E-state index in [-0.39, 0.29) is 12.1 Å². The molecule has 0 unspecified atom stereocenters. The molecule has 0 spiro atoms. The van der Waals surface area contributed by atoms with Crippen molar-refractivity contribution in [1.82, 2.24) is 15.1 Å². The van der Waals surface area contributed by atoms with Crippen LogP contribution >= 0.6 is 0 Å². The van der Waals surface area contributed by atoms with Gasteiger partial charge in [0.1, 0.15) is 0 Å². The third-order valence-corrected chi connectivity index (χ3v) is 5.12. The average molecular weight is 317 g/mol.